The van der Waals surface area contributed by atoms with Crippen LogP contribution in [0.15, 0.2) is 4.99 Å². The lowest BCUT2D eigenvalue weighted by Gasteiger charge is -1.84. The van der Waals surface area contributed by atoms with E-state index in [0.29, 0.717) is 0 Å². The standard InChI is InChI=1S/C2H7N5.H3O4P/c3-1(4)7-2(5)6;1-5(2,3)4/h(H7,3,4,5,6,7);(H3,1,2,3,4). The summed E-state index contributed by atoms with van der Waals surface area (Å²) in [6, 6.07) is 0. The number of hydrogen-bond acceptors (Lipinski definition) is 2. The lowest BCUT2D eigenvalue weighted by Crippen LogP contribution is -2.25. The van der Waals surface area contributed by atoms with Crippen LogP contribution >= 0.6 is 7.82 Å². The first-order valence-corrected chi connectivity index (χ1v) is 3.91. The molecule has 0 fully saturated rings. The Morgan fingerprint density at radius 2 is 1.50 bits per heavy atom. The molecule has 0 rings (SSSR count). The molecule has 0 amide bonds. The first kappa shape index (κ1) is 13.4. The summed E-state index contributed by atoms with van der Waals surface area (Å²) in [6.45, 7) is 0. The summed E-state index contributed by atoms with van der Waals surface area (Å²) in [4.78, 5) is 24.7. The molecule has 0 aliphatic rings. The van der Waals surface area contributed by atoms with Gasteiger partial charge >= 0.3 is 7.82 Å². The van der Waals surface area contributed by atoms with Gasteiger partial charge in [0.2, 0.25) is 5.96 Å². The van der Waals surface area contributed by atoms with Gasteiger partial charge in [0.25, 0.3) is 0 Å². The van der Waals surface area contributed by atoms with Gasteiger partial charge in [-0.1, -0.05) is 0 Å². The number of phosphoric acid groups is 1. The van der Waals surface area contributed by atoms with Gasteiger partial charge in [0.15, 0.2) is 5.96 Å². The van der Waals surface area contributed by atoms with E-state index in [1.807, 2.05) is 0 Å². The highest BCUT2D eigenvalue weighted by molar-refractivity contribution is 7.45. The normalized spacial score (nSPS) is 9.25. The Bertz CT molecular complexity index is 207. The van der Waals surface area contributed by atoms with Crippen molar-refractivity contribution in [2.75, 3.05) is 0 Å². The maximum absolute atomic E-state index is 8.88. The van der Waals surface area contributed by atoms with Crippen LogP contribution in [0.5, 0.6) is 0 Å². The molecule has 0 aromatic rings. The highest BCUT2D eigenvalue weighted by Crippen LogP contribution is 2.25. The Labute approximate surface area is 67.6 Å². The number of guanidine groups is 2. The van der Waals surface area contributed by atoms with Crippen molar-refractivity contribution in [3.05, 3.63) is 0 Å². The molecule has 0 aliphatic carbocycles. The average molecular weight is 199 g/mol. The molecule has 0 saturated heterocycles. The molecule has 9 nitrogen and oxygen atoms in total. The first-order chi connectivity index (χ1) is 5.13. The van der Waals surface area contributed by atoms with Crippen LogP contribution < -0.4 is 17.2 Å². The van der Waals surface area contributed by atoms with Crippen molar-refractivity contribution in [1.29, 1.82) is 5.41 Å². The topological polar surface area (TPSA) is 192 Å². The second-order valence-corrected chi connectivity index (χ2v) is 2.46. The summed E-state index contributed by atoms with van der Waals surface area (Å²) in [5.41, 5.74) is 14.3. The lowest BCUT2D eigenvalue weighted by molar-refractivity contribution is 0.275. The molecule has 0 bridgehead atoms. The van der Waals surface area contributed by atoms with E-state index in [-0.39, 0.29) is 11.9 Å². The minimum Gasteiger partial charge on any atom is -0.370 e. The van der Waals surface area contributed by atoms with E-state index in [9.17, 15) is 0 Å². The molecule has 0 unspecified atom stereocenters. The van der Waals surface area contributed by atoms with Crippen LogP contribution in [0.2, 0.25) is 0 Å². The molecule has 0 aromatic carbocycles. The van der Waals surface area contributed by atoms with E-state index in [2.05, 4.69) is 4.99 Å². The second kappa shape index (κ2) is 5.49. The number of aliphatic imine (C=N–C) groups is 1. The van der Waals surface area contributed by atoms with Gasteiger partial charge in [-0.05, 0) is 0 Å². The maximum atomic E-state index is 8.88. The number of hydrogen-bond donors (Lipinski definition) is 7. The van der Waals surface area contributed by atoms with Crippen molar-refractivity contribution in [2.45, 2.75) is 0 Å². The lowest BCUT2D eigenvalue weighted by atomic mass is 11.0. The van der Waals surface area contributed by atoms with Gasteiger partial charge in [0.1, 0.15) is 0 Å². The molecule has 0 aromatic heterocycles. The number of nitrogens with zero attached hydrogens (tertiary/aromatic N) is 1. The fourth-order valence-electron chi connectivity index (χ4n) is 0.139. The van der Waals surface area contributed by atoms with Gasteiger partial charge in [0, 0.05) is 0 Å². The Morgan fingerprint density at radius 1 is 1.25 bits per heavy atom. The zero-order valence-electron chi connectivity index (χ0n) is 5.88. The molecule has 0 spiro atoms. The first-order valence-electron chi connectivity index (χ1n) is 2.35. The molecule has 0 aliphatic heterocycles. The van der Waals surface area contributed by atoms with Crippen LogP contribution in [0.4, 0.5) is 0 Å². The quantitative estimate of drug-likeness (QED) is 0.124. The van der Waals surface area contributed by atoms with Gasteiger partial charge < -0.3 is 31.9 Å². The Kier molecular flexibility index (Phi) is 6.15. The predicted molar refractivity (Wildman–Crippen MR) is 42.0 cm³/mol. The molecule has 10 heteroatoms. The molecular weight excluding hydrogens is 189 g/mol. The monoisotopic (exact) mass is 199 g/mol. The van der Waals surface area contributed by atoms with E-state index in [0.717, 1.165) is 0 Å². The van der Waals surface area contributed by atoms with E-state index in [1.165, 1.54) is 0 Å². The summed E-state index contributed by atoms with van der Waals surface area (Å²) >= 11 is 0. The Hall–Kier alpha value is -1.15. The molecule has 12 heavy (non-hydrogen) atoms. The van der Waals surface area contributed by atoms with Crippen molar-refractivity contribution in [1.82, 2.24) is 0 Å². The summed E-state index contributed by atoms with van der Waals surface area (Å²) in [6.07, 6.45) is 0. The van der Waals surface area contributed by atoms with E-state index in [4.69, 9.17) is 41.9 Å². The molecule has 0 atom stereocenters. The molecule has 10 N–H and O–H groups in total. The molecule has 0 saturated carbocycles. The maximum Gasteiger partial charge on any atom is 0.466 e. The van der Waals surface area contributed by atoms with Crippen LogP contribution in [0.25, 0.3) is 0 Å². The number of rotatable bonds is 0. The summed E-state index contributed by atoms with van der Waals surface area (Å²) < 4.78 is 8.88. The molecule has 72 valence electrons. The summed E-state index contributed by atoms with van der Waals surface area (Å²) in [7, 11) is -4.64. The third-order valence-electron chi connectivity index (χ3n) is 0.250. The van der Waals surface area contributed by atoms with E-state index < -0.39 is 7.82 Å². The number of nitrogens with two attached hydrogens (primary N) is 3. The Balaban J connectivity index is 0. The largest absolute Gasteiger partial charge is 0.466 e. The zero-order valence-corrected chi connectivity index (χ0v) is 6.77. The van der Waals surface area contributed by atoms with Crippen molar-refractivity contribution < 1.29 is 19.2 Å². The van der Waals surface area contributed by atoms with Gasteiger partial charge in [0.05, 0.1) is 0 Å². The van der Waals surface area contributed by atoms with Crippen molar-refractivity contribution in [3.63, 3.8) is 0 Å². The molecule has 0 heterocycles. The minimum atomic E-state index is -4.64. The van der Waals surface area contributed by atoms with Crippen LogP contribution in [0.1, 0.15) is 0 Å². The van der Waals surface area contributed by atoms with Gasteiger partial charge in [-0.15, -0.1) is 0 Å². The number of nitrogens with one attached hydrogen (secondary N) is 1. The molecule has 0 radical (unpaired) electrons. The van der Waals surface area contributed by atoms with Crippen LogP contribution in [0, 0.1) is 5.41 Å². The van der Waals surface area contributed by atoms with Gasteiger partial charge in [-0.2, -0.15) is 4.99 Å². The van der Waals surface area contributed by atoms with Crippen molar-refractivity contribution in [3.8, 4) is 0 Å². The summed E-state index contributed by atoms with van der Waals surface area (Å²) in [5, 5.41) is 6.46. The fraction of sp³-hybridized carbons (Fsp3) is 0. The third-order valence-corrected chi connectivity index (χ3v) is 0.250. The van der Waals surface area contributed by atoms with Crippen LogP contribution in [-0.4, -0.2) is 26.6 Å². The SMILES string of the molecule is N=C(N)N=C(N)N.O=P(O)(O)O. The van der Waals surface area contributed by atoms with Crippen molar-refractivity contribution in [2.24, 2.45) is 22.2 Å². The van der Waals surface area contributed by atoms with Crippen LogP contribution in [-0.2, 0) is 4.57 Å². The smallest absolute Gasteiger partial charge is 0.370 e. The van der Waals surface area contributed by atoms with Crippen molar-refractivity contribution >= 4 is 19.7 Å². The molecular formula is C2H10N5O4P. The predicted octanol–water partition coefficient (Wildman–Crippen LogP) is -2.78. The van der Waals surface area contributed by atoms with Crippen LogP contribution in [0.3, 0.4) is 0 Å². The Morgan fingerprint density at radius 3 is 1.50 bits per heavy atom. The zero-order chi connectivity index (χ0) is 10.4. The third kappa shape index (κ3) is 67.1. The van der Waals surface area contributed by atoms with Gasteiger partial charge in [-0.3, -0.25) is 5.41 Å². The second-order valence-electron chi connectivity index (χ2n) is 1.44. The summed E-state index contributed by atoms with van der Waals surface area (Å²) in [5.74, 6) is -0.562. The fourth-order valence-corrected chi connectivity index (χ4v) is 0.139. The highest BCUT2D eigenvalue weighted by atomic mass is 31.2. The minimum absolute atomic E-state index is 0.187. The highest BCUT2D eigenvalue weighted by Gasteiger charge is 2.00. The average Bonchev–Trinajstić information content (AvgIpc) is 1.52. The van der Waals surface area contributed by atoms with E-state index >= 15 is 0 Å². The van der Waals surface area contributed by atoms with E-state index in [1.54, 1.807) is 0 Å². The van der Waals surface area contributed by atoms with Gasteiger partial charge in [-0.25, -0.2) is 4.57 Å².